The molecule has 0 aromatic heterocycles. The Morgan fingerprint density at radius 2 is 1.88 bits per heavy atom. The average molecular weight is 343 g/mol. The van der Waals surface area contributed by atoms with Gasteiger partial charge in [-0.2, -0.15) is 5.10 Å². The van der Waals surface area contributed by atoms with Gasteiger partial charge < -0.3 is 10.4 Å². The van der Waals surface area contributed by atoms with E-state index in [-0.39, 0.29) is 11.9 Å². The second-order valence-electron chi connectivity index (χ2n) is 6.92. The van der Waals surface area contributed by atoms with Crippen molar-refractivity contribution in [3.8, 4) is 0 Å². The van der Waals surface area contributed by atoms with Gasteiger partial charge in [0.15, 0.2) is 0 Å². The van der Waals surface area contributed by atoms with Crippen LogP contribution in [-0.4, -0.2) is 35.3 Å². The van der Waals surface area contributed by atoms with Gasteiger partial charge in [-0.05, 0) is 44.0 Å². The number of amides is 1. The highest BCUT2D eigenvalue weighted by Crippen LogP contribution is 2.25. The molecule has 3 rings (SSSR count). The van der Waals surface area contributed by atoms with Crippen molar-refractivity contribution in [3.63, 3.8) is 0 Å². The predicted molar refractivity (Wildman–Crippen MR) is 97.0 cm³/mol. The number of carboxylic acid groups (broad SMARTS) is 1. The third-order valence-electron chi connectivity index (χ3n) is 5.05. The van der Waals surface area contributed by atoms with Crippen LogP contribution in [0.25, 0.3) is 0 Å². The third-order valence-corrected chi connectivity index (χ3v) is 5.05. The summed E-state index contributed by atoms with van der Waals surface area (Å²) in [5.41, 5.74) is 2.62. The first-order chi connectivity index (χ1) is 12.0. The monoisotopic (exact) mass is 343 g/mol. The molecule has 1 aliphatic carbocycles. The van der Waals surface area contributed by atoms with E-state index in [4.69, 9.17) is 0 Å². The normalized spacial score (nSPS) is 23.7. The number of benzene rings is 1. The first-order valence-electron chi connectivity index (χ1n) is 9.00. The molecule has 2 atom stereocenters. The molecule has 1 fully saturated rings. The minimum absolute atomic E-state index is 0.203. The Hall–Kier alpha value is -2.37. The van der Waals surface area contributed by atoms with E-state index in [2.05, 4.69) is 10.4 Å². The smallest absolute Gasteiger partial charge is 0.308 e. The lowest BCUT2D eigenvalue weighted by atomic mass is 9.94. The number of aliphatic carboxylic acids is 1. The molecular weight excluding hydrogens is 318 g/mol. The molecule has 134 valence electrons. The molecule has 2 aliphatic rings. The zero-order valence-electron chi connectivity index (χ0n) is 14.6. The van der Waals surface area contributed by atoms with Gasteiger partial charge in [-0.25, -0.2) is 0 Å². The van der Waals surface area contributed by atoms with Crippen LogP contribution < -0.4 is 10.3 Å². The fourth-order valence-electron chi connectivity index (χ4n) is 3.57. The van der Waals surface area contributed by atoms with Gasteiger partial charge in [-0.1, -0.05) is 19.3 Å². The van der Waals surface area contributed by atoms with E-state index in [1.807, 2.05) is 24.1 Å². The van der Waals surface area contributed by atoms with Crippen molar-refractivity contribution in [2.24, 2.45) is 11.0 Å². The number of carboxylic acids is 1. The Labute approximate surface area is 147 Å². The van der Waals surface area contributed by atoms with Crippen LogP contribution in [0.3, 0.4) is 0 Å². The van der Waals surface area contributed by atoms with Crippen molar-refractivity contribution in [2.75, 3.05) is 11.6 Å². The minimum atomic E-state index is -0.815. The Kier molecular flexibility index (Phi) is 5.36. The molecule has 0 unspecified atom stereocenters. The molecule has 1 aliphatic heterocycles. The van der Waals surface area contributed by atoms with E-state index >= 15 is 0 Å². The lowest BCUT2D eigenvalue weighted by Crippen LogP contribution is -2.42. The van der Waals surface area contributed by atoms with E-state index in [1.165, 1.54) is 0 Å². The Morgan fingerprint density at radius 1 is 1.16 bits per heavy atom. The summed E-state index contributed by atoms with van der Waals surface area (Å²) in [7, 11) is 0. The summed E-state index contributed by atoms with van der Waals surface area (Å²) < 4.78 is 0. The molecule has 1 heterocycles. The van der Waals surface area contributed by atoms with Gasteiger partial charge in [0.25, 0.3) is 5.91 Å². The van der Waals surface area contributed by atoms with Crippen molar-refractivity contribution in [1.82, 2.24) is 5.32 Å². The van der Waals surface area contributed by atoms with E-state index < -0.39 is 11.9 Å². The summed E-state index contributed by atoms with van der Waals surface area (Å²) in [5, 5.41) is 18.8. The number of hydrogen-bond acceptors (Lipinski definition) is 4. The number of nitrogens with one attached hydrogen (secondary N) is 1. The highest BCUT2D eigenvalue weighted by Gasteiger charge is 2.30. The maximum atomic E-state index is 12.5. The lowest BCUT2D eigenvalue weighted by Gasteiger charge is -2.23. The maximum Gasteiger partial charge on any atom is 0.308 e. The largest absolute Gasteiger partial charge is 0.481 e. The fourth-order valence-corrected chi connectivity index (χ4v) is 3.57. The molecule has 25 heavy (non-hydrogen) atoms. The standard InChI is InChI=1S/C19H25N3O3/c1-13-11-12-22(21-13)15-9-7-14(8-10-15)18(23)20-17-6-4-2-3-5-16(17)19(24)25/h7-10,16-17H,2-6,11-12H2,1H3,(H,20,23)(H,24,25)/t16-,17+/m1/s1. The van der Waals surface area contributed by atoms with Gasteiger partial charge >= 0.3 is 5.97 Å². The molecule has 6 heteroatoms. The van der Waals surface area contributed by atoms with E-state index in [0.29, 0.717) is 12.0 Å². The van der Waals surface area contributed by atoms with Crippen molar-refractivity contribution < 1.29 is 14.7 Å². The molecule has 6 nitrogen and oxygen atoms in total. The molecule has 1 saturated carbocycles. The minimum Gasteiger partial charge on any atom is -0.481 e. The molecular formula is C19H25N3O3. The Bertz CT molecular complexity index is 669. The second-order valence-corrected chi connectivity index (χ2v) is 6.92. The summed E-state index contributed by atoms with van der Waals surface area (Å²) in [5.74, 6) is -1.51. The van der Waals surface area contributed by atoms with Crippen molar-refractivity contribution >= 4 is 23.3 Å². The molecule has 1 aromatic rings. The van der Waals surface area contributed by atoms with Crippen LogP contribution in [0.4, 0.5) is 5.69 Å². The SMILES string of the molecule is CC1=NN(c2ccc(C(=O)N[C@H]3CCCCC[C@H]3C(=O)O)cc2)CC1. The Morgan fingerprint density at radius 3 is 2.52 bits per heavy atom. The van der Waals surface area contributed by atoms with Crippen LogP contribution in [0.2, 0.25) is 0 Å². The quantitative estimate of drug-likeness (QED) is 0.823. The topological polar surface area (TPSA) is 82.0 Å². The van der Waals surface area contributed by atoms with Crippen LogP contribution in [0.15, 0.2) is 29.4 Å². The van der Waals surface area contributed by atoms with Crippen molar-refractivity contribution in [3.05, 3.63) is 29.8 Å². The zero-order valence-corrected chi connectivity index (χ0v) is 14.6. The van der Waals surface area contributed by atoms with E-state index in [0.717, 1.165) is 50.0 Å². The number of hydrogen-bond donors (Lipinski definition) is 2. The van der Waals surface area contributed by atoms with E-state index in [1.54, 1.807) is 12.1 Å². The van der Waals surface area contributed by atoms with Gasteiger partial charge in [0.1, 0.15) is 0 Å². The number of nitrogens with zero attached hydrogens (tertiary/aromatic N) is 2. The van der Waals surface area contributed by atoms with Crippen molar-refractivity contribution in [1.29, 1.82) is 0 Å². The maximum absolute atomic E-state index is 12.5. The van der Waals surface area contributed by atoms with Crippen LogP contribution in [-0.2, 0) is 4.79 Å². The fraction of sp³-hybridized carbons (Fsp3) is 0.526. The predicted octanol–water partition coefficient (Wildman–Crippen LogP) is 3.04. The van der Waals surface area contributed by atoms with Crippen molar-refractivity contribution in [2.45, 2.75) is 51.5 Å². The number of carbonyl (C=O) groups excluding carboxylic acids is 1. The molecule has 2 N–H and O–H groups in total. The van der Waals surface area contributed by atoms with Crippen LogP contribution >= 0.6 is 0 Å². The molecule has 1 amide bonds. The van der Waals surface area contributed by atoms with Crippen LogP contribution in [0, 0.1) is 5.92 Å². The first kappa shape index (κ1) is 17.5. The van der Waals surface area contributed by atoms with Gasteiger partial charge in [0.2, 0.25) is 0 Å². The number of hydrazone groups is 1. The summed E-state index contributed by atoms with van der Waals surface area (Å²) in [4.78, 5) is 24.0. The Balaban J connectivity index is 1.67. The number of carbonyl (C=O) groups is 2. The first-order valence-corrected chi connectivity index (χ1v) is 9.00. The lowest BCUT2D eigenvalue weighted by molar-refractivity contribution is -0.142. The number of anilines is 1. The highest BCUT2D eigenvalue weighted by atomic mass is 16.4. The number of rotatable bonds is 4. The van der Waals surface area contributed by atoms with Gasteiger partial charge in [-0.3, -0.25) is 14.6 Å². The summed E-state index contributed by atoms with van der Waals surface area (Å²) in [6, 6.07) is 7.04. The van der Waals surface area contributed by atoms with Gasteiger partial charge in [-0.15, -0.1) is 0 Å². The molecule has 0 saturated heterocycles. The van der Waals surface area contributed by atoms with Crippen LogP contribution in [0.1, 0.15) is 55.8 Å². The summed E-state index contributed by atoms with van der Waals surface area (Å²) in [6.45, 7) is 2.87. The third kappa shape index (κ3) is 4.18. The van der Waals surface area contributed by atoms with Gasteiger partial charge in [0, 0.05) is 30.3 Å². The molecule has 1 aromatic carbocycles. The zero-order chi connectivity index (χ0) is 17.8. The van der Waals surface area contributed by atoms with E-state index in [9.17, 15) is 14.7 Å². The van der Waals surface area contributed by atoms with Gasteiger partial charge in [0.05, 0.1) is 11.6 Å². The summed E-state index contributed by atoms with van der Waals surface area (Å²) in [6.07, 6.45) is 5.21. The molecule has 0 radical (unpaired) electrons. The molecule has 0 bridgehead atoms. The van der Waals surface area contributed by atoms with Crippen LogP contribution in [0.5, 0.6) is 0 Å². The average Bonchev–Trinajstić information content (AvgIpc) is 2.89. The summed E-state index contributed by atoms with van der Waals surface area (Å²) >= 11 is 0. The molecule has 0 spiro atoms. The highest BCUT2D eigenvalue weighted by molar-refractivity contribution is 5.95. The second kappa shape index (κ2) is 7.68.